The summed E-state index contributed by atoms with van der Waals surface area (Å²) in [5.41, 5.74) is 4.59. The van der Waals surface area contributed by atoms with Gasteiger partial charge in [-0.25, -0.2) is 27.8 Å². The summed E-state index contributed by atoms with van der Waals surface area (Å²) in [6.45, 7) is 1.50. The molecule has 164 valence electrons. The fourth-order valence-corrected chi connectivity index (χ4v) is 6.42. The molecule has 0 aromatic carbocycles. The predicted octanol–water partition coefficient (Wildman–Crippen LogP) is 1.20. The molecule has 10 nitrogen and oxygen atoms in total. The third-order valence-electron chi connectivity index (χ3n) is 5.81. The van der Waals surface area contributed by atoms with Crippen LogP contribution in [0.3, 0.4) is 0 Å². The minimum Gasteiger partial charge on any atom is -0.480 e. The van der Waals surface area contributed by atoms with Gasteiger partial charge in [0.25, 0.3) is 5.91 Å². The van der Waals surface area contributed by atoms with Crippen LogP contribution in [0, 0.1) is 5.82 Å². The van der Waals surface area contributed by atoms with E-state index in [1.165, 1.54) is 32.5 Å². The van der Waals surface area contributed by atoms with Gasteiger partial charge in [-0.05, 0) is 32.3 Å². The number of pyridine rings is 1. The van der Waals surface area contributed by atoms with Crippen LogP contribution in [-0.2, 0) is 15.4 Å². The number of carbonyl (C=O) groups excluding carboxylic acids is 1. The van der Waals surface area contributed by atoms with Gasteiger partial charge in [0.2, 0.25) is 5.88 Å². The molecule has 0 bridgehead atoms. The van der Waals surface area contributed by atoms with Crippen molar-refractivity contribution >= 4 is 27.4 Å². The Morgan fingerprint density at radius 1 is 1.23 bits per heavy atom. The fraction of sp³-hybridized carbons (Fsp3) is 0.421. The molecule has 4 rings (SSSR count). The van der Waals surface area contributed by atoms with Crippen LogP contribution >= 0.6 is 0 Å². The number of aromatic nitrogens is 3. The van der Waals surface area contributed by atoms with Gasteiger partial charge in [-0.15, -0.1) is 0 Å². The highest BCUT2D eigenvalue weighted by molar-refractivity contribution is 7.93. The zero-order valence-corrected chi connectivity index (χ0v) is 17.7. The van der Waals surface area contributed by atoms with Crippen molar-refractivity contribution in [2.45, 2.75) is 36.5 Å². The van der Waals surface area contributed by atoms with E-state index in [1.807, 2.05) is 0 Å². The third-order valence-corrected chi connectivity index (χ3v) is 8.56. The van der Waals surface area contributed by atoms with Gasteiger partial charge in [-0.1, -0.05) is 0 Å². The lowest BCUT2D eigenvalue weighted by atomic mass is 9.82. The minimum atomic E-state index is -3.65. The Morgan fingerprint density at radius 3 is 2.52 bits per heavy atom. The van der Waals surface area contributed by atoms with E-state index in [0.717, 1.165) is 12.6 Å². The summed E-state index contributed by atoms with van der Waals surface area (Å²) in [6, 6.07) is 1.26. The van der Waals surface area contributed by atoms with Crippen molar-refractivity contribution < 1.29 is 22.3 Å². The van der Waals surface area contributed by atoms with Gasteiger partial charge < -0.3 is 15.8 Å². The molecule has 2 aliphatic rings. The molecule has 1 amide bonds. The Kier molecular flexibility index (Phi) is 4.91. The largest absolute Gasteiger partial charge is 0.480 e. The van der Waals surface area contributed by atoms with Crippen molar-refractivity contribution in [3.8, 4) is 5.88 Å². The molecular formula is C19H21FN6O4S. The molecular weight excluding hydrogens is 427 g/mol. The normalized spacial score (nSPS) is 23.5. The average Bonchev–Trinajstić information content (AvgIpc) is 2.67. The highest BCUT2D eigenvalue weighted by Gasteiger charge is 2.58. The maximum Gasteiger partial charge on any atom is 0.277 e. The molecule has 2 aromatic heterocycles. The van der Waals surface area contributed by atoms with Crippen molar-refractivity contribution in [2.24, 2.45) is 10.7 Å². The van der Waals surface area contributed by atoms with Crippen molar-refractivity contribution in [2.75, 3.05) is 18.2 Å². The van der Waals surface area contributed by atoms with E-state index in [2.05, 4.69) is 25.3 Å². The van der Waals surface area contributed by atoms with Crippen LogP contribution in [0.1, 0.15) is 42.2 Å². The molecule has 12 heteroatoms. The smallest absolute Gasteiger partial charge is 0.277 e. The molecule has 1 fully saturated rings. The Labute approximate surface area is 178 Å². The molecule has 3 heterocycles. The number of sulfone groups is 1. The van der Waals surface area contributed by atoms with Crippen LogP contribution in [0.5, 0.6) is 5.88 Å². The number of halogens is 1. The minimum absolute atomic E-state index is 0.00260. The monoisotopic (exact) mass is 448 g/mol. The maximum absolute atomic E-state index is 14.7. The van der Waals surface area contributed by atoms with E-state index >= 15 is 0 Å². The zero-order chi connectivity index (χ0) is 22.4. The van der Waals surface area contributed by atoms with Gasteiger partial charge >= 0.3 is 0 Å². The van der Waals surface area contributed by atoms with Crippen molar-refractivity contribution in [1.29, 1.82) is 0 Å². The molecule has 31 heavy (non-hydrogen) atoms. The number of nitrogens with one attached hydrogen (secondary N) is 1. The van der Waals surface area contributed by atoms with E-state index < -0.39 is 31.8 Å². The Morgan fingerprint density at radius 2 is 1.97 bits per heavy atom. The number of hydrogen-bond donors (Lipinski definition) is 2. The SMILES string of the molecule is COc1cnc(C(=O)Nc2cc([C@@]3(C)CS(=O)(=O)C4(CCC4)C(N)=N3)c(F)cn2)cn1. The second-order valence-corrected chi connectivity index (χ2v) is 10.1. The number of anilines is 1. The van der Waals surface area contributed by atoms with Crippen molar-refractivity contribution in [1.82, 2.24) is 15.0 Å². The molecule has 1 aliphatic carbocycles. The lowest BCUT2D eigenvalue weighted by Gasteiger charge is -2.46. The summed E-state index contributed by atoms with van der Waals surface area (Å²) in [5, 5.41) is 2.50. The molecule has 3 N–H and O–H groups in total. The lowest BCUT2D eigenvalue weighted by Crippen LogP contribution is -2.61. The lowest BCUT2D eigenvalue weighted by molar-refractivity contribution is 0.102. The molecule has 2 aromatic rings. The maximum atomic E-state index is 14.7. The van der Waals surface area contributed by atoms with Crippen LogP contribution in [0.25, 0.3) is 0 Å². The standard InChI is InChI=1S/C19H21FN6O4S/c1-18(10-31(28,29)19(4-3-5-19)17(21)26-18)11-6-14(23-7-12(11)20)25-16(27)13-8-24-15(30-2)9-22-13/h6-9H,3-5,10H2,1-2H3,(H2,21,26)(H,23,25,27)/t18-/m1/s1. The molecule has 1 atom stereocenters. The quantitative estimate of drug-likeness (QED) is 0.708. The third kappa shape index (κ3) is 3.40. The molecule has 0 radical (unpaired) electrons. The number of rotatable bonds is 4. The van der Waals surface area contributed by atoms with E-state index in [4.69, 9.17) is 10.5 Å². The predicted molar refractivity (Wildman–Crippen MR) is 110 cm³/mol. The van der Waals surface area contributed by atoms with E-state index in [-0.39, 0.29) is 34.5 Å². The number of nitrogens with two attached hydrogens (primary N) is 1. The van der Waals surface area contributed by atoms with Gasteiger partial charge in [0, 0.05) is 5.56 Å². The highest BCUT2D eigenvalue weighted by atomic mass is 32.2. The van der Waals surface area contributed by atoms with Crippen LogP contribution in [0.15, 0.2) is 29.6 Å². The average molecular weight is 448 g/mol. The van der Waals surface area contributed by atoms with Gasteiger partial charge in [0.05, 0.1) is 31.5 Å². The van der Waals surface area contributed by atoms with E-state index in [9.17, 15) is 17.6 Å². The number of aliphatic imine (C=N–C) groups is 1. The number of nitrogens with zero attached hydrogens (tertiary/aromatic N) is 4. The second kappa shape index (κ2) is 7.22. The van der Waals surface area contributed by atoms with E-state index in [1.54, 1.807) is 0 Å². The zero-order valence-electron chi connectivity index (χ0n) is 16.9. The number of ether oxygens (including phenoxy) is 1. The first-order valence-electron chi connectivity index (χ1n) is 9.52. The number of amides is 1. The van der Waals surface area contributed by atoms with Crippen LogP contribution in [0.2, 0.25) is 0 Å². The van der Waals surface area contributed by atoms with Crippen molar-refractivity contribution in [3.63, 3.8) is 0 Å². The van der Waals surface area contributed by atoms with Gasteiger partial charge in [-0.2, -0.15) is 0 Å². The first-order chi connectivity index (χ1) is 14.6. The molecule has 1 saturated carbocycles. The Bertz CT molecular complexity index is 1180. The van der Waals surface area contributed by atoms with Crippen LogP contribution in [0.4, 0.5) is 10.2 Å². The summed E-state index contributed by atoms with van der Waals surface area (Å²) >= 11 is 0. The topological polar surface area (TPSA) is 150 Å². The summed E-state index contributed by atoms with van der Waals surface area (Å²) in [4.78, 5) is 28.5. The Balaban J connectivity index is 1.65. The second-order valence-electron chi connectivity index (χ2n) is 7.83. The Hall–Kier alpha value is -3.15. The number of amidine groups is 1. The summed E-state index contributed by atoms with van der Waals surface area (Å²) in [6.07, 6.45) is 4.99. The summed E-state index contributed by atoms with van der Waals surface area (Å²) < 4.78 is 44.5. The first kappa shape index (κ1) is 21.1. The summed E-state index contributed by atoms with van der Waals surface area (Å²) in [7, 11) is -2.24. The first-order valence-corrected chi connectivity index (χ1v) is 11.2. The van der Waals surface area contributed by atoms with Crippen LogP contribution in [-0.4, -0.2) is 52.7 Å². The van der Waals surface area contributed by atoms with E-state index in [0.29, 0.717) is 12.8 Å². The number of hydrogen-bond acceptors (Lipinski definition) is 9. The molecule has 1 aliphatic heterocycles. The van der Waals surface area contributed by atoms with Gasteiger partial charge in [0.1, 0.15) is 33.5 Å². The summed E-state index contributed by atoms with van der Waals surface area (Å²) in [5.74, 6) is -1.51. The van der Waals surface area contributed by atoms with Crippen LogP contribution < -0.4 is 15.8 Å². The molecule has 0 unspecified atom stereocenters. The van der Waals surface area contributed by atoms with Gasteiger partial charge in [0.15, 0.2) is 9.84 Å². The molecule has 1 spiro atoms. The van der Waals surface area contributed by atoms with Crippen molar-refractivity contribution in [3.05, 3.63) is 41.7 Å². The molecule has 0 saturated heterocycles. The highest BCUT2D eigenvalue weighted by Crippen LogP contribution is 2.47. The number of carbonyl (C=O) groups is 1. The fourth-order valence-electron chi connectivity index (χ4n) is 3.91. The van der Waals surface area contributed by atoms with Gasteiger partial charge in [-0.3, -0.25) is 9.79 Å². The number of methoxy groups -OCH3 is 1.